The van der Waals surface area contributed by atoms with Gasteiger partial charge in [-0.05, 0) is 65.7 Å². The smallest absolute Gasteiger partial charge is 0.164 e. The predicted molar refractivity (Wildman–Crippen MR) is 209 cm³/mol. The monoisotopic (exact) mass is 671 g/mol. The van der Waals surface area contributed by atoms with Crippen molar-refractivity contribution in [2.45, 2.75) is 0 Å². The van der Waals surface area contributed by atoms with Gasteiger partial charge in [-0.25, -0.2) is 15.0 Å². The van der Waals surface area contributed by atoms with Gasteiger partial charge in [0.25, 0.3) is 0 Å². The molecule has 0 aliphatic carbocycles. The minimum absolute atomic E-state index is 0.588. The summed E-state index contributed by atoms with van der Waals surface area (Å²) in [5.74, 6) is 1.83. The van der Waals surface area contributed by atoms with Crippen LogP contribution in [0, 0.1) is 0 Å². The summed E-state index contributed by atoms with van der Waals surface area (Å²) in [6.45, 7) is 0. The highest BCUT2D eigenvalue weighted by Gasteiger charge is 2.21. The topological polar surface area (TPSA) is 65.0 Å². The van der Waals surface area contributed by atoms with Gasteiger partial charge in [0.1, 0.15) is 22.3 Å². The Morgan fingerprint density at radius 1 is 0.353 bits per heavy atom. The highest BCUT2D eigenvalue weighted by molar-refractivity contribution is 7.25. The molecule has 4 heterocycles. The summed E-state index contributed by atoms with van der Waals surface area (Å²) in [7, 11) is 0. The second-order valence-electron chi connectivity index (χ2n) is 12.8. The number of thiophene rings is 1. The van der Waals surface area contributed by atoms with Crippen molar-refractivity contribution in [3.8, 4) is 45.3 Å². The molecule has 0 aliphatic heterocycles. The lowest BCUT2D eigenvalue weighted by Crippen LogP contribution is -2.00. The minimum Gasteiger partial charge on any atom is -0.456 e. The zero-order valence-electron chi connectivity index (χ0n) is 27.0. The van der Waals surface area contributed by atoms with Crippen LogP contribution in [0.1, 0.15) is 0 Å². The lowest BCUT2D eigenvalue weighted by molar-refractivity contribution is 0.668. The summed E-state index contributed by atoms with van der Waals surface area (Å²) >= 11 is 1.80. The number of nitrogens with zero attached hydrogens (tertiary/aromatic N) is 3. The van der Waals surface area contributed by atoms with E-state index in [9.17, 15) is 0 Å². The van der Waals surface area contributed by atoms with Crippen LogP contribution in [0.4, 0.5) is 0 Å². The van der Waals surface area contributed by atoms with Gasteiger partial charge < -0.3 is 8.83 Å². The van der Waals surface area contributed by atoms with E-state index in [1.807, 2.05) is 72.8 Å². The highest BCUT2D eigenvalue weighted by atomic mass is 32.1. The molecule has 0 saturated carbocycles. The molecule has 11 aromatic rings. The maximum Gasteiger partial charge on any atom is 0.164 e. The first kappa shape index (κ1) is 28.2. The minimum atomic E-state index is 0.588. The van der Waals surface area contributed by atoms with Gasteiger partial charge in [-0.2, -0.15) is 0 Å². The molecule has 6 heteroatoms. The van der Waals surface area contributed by atoms with E-state index in [0.29, 0.717) is 17.5 Å². The third-order valence-electron chi connectivity index (χ3n) is 9.76. The lowest BCUT2D eigenvalue weighted by Gasteiger charge is -2.10. The van der Waals surface area contributed by atoms with E-state index in [1.165, 1.54) is 20.2 Å². The molecule has 0 bridgehead atoms. The molecule has 0 radical (unpaired) electrons. The molecule has 0 aliphatic rings. The molecule has 7 aromatic carbocycles. The fourth-order valence-corrected chi connectivity index (χ4v) is 8.48. The Morgan fingerprint density at radius 3 is 1.82 bits per heavy atom. The summed E-state index contributed by atoms with van der Waals surface area (Å²) in [5.41, 5.74) is 8.14. The van der Waals surface area contributed by atoms with Crippen molar-refractivity contribution >= 4 is 75.4 Å². The largest absolute Gasteiger partial charge is 0.456 e. The molecule has 0 spiro atoms. The molecule has 0 saturated heterocycles. The molecule has 11 rings (SSSR count). The Kier molecular flexibility index (Phi) is 6.05. The Balaban J connectivity index is 1.15. The lowest BCUT2D eigenvalue weighted by atomic mass is 9.96. The van der Waals surface area contributed by atoms with Gasteiger partial charge in [-0.1, -0.05) is 97.1 Å². The number of hydrogen-bond acceptors (Lipinski definition) is 6. The van der Waals surface area contributed by atoms with Crippen LogP contribution in [0.3, 0.4) is 0 Å². The molecule has 0 N–H and O–H groups in total. The summed E-state index contributed by atoms with van der Waals surface area (Å²) in [6.07, 6.45) is 0. The van der Waals surface area contributed by atoms with E-state index < -0.39 is 0 Å². The molecule has 0 fully saturated rings. The fraction of sp³-hybridized carbons (Fsp3) is 0. The van der Waals surface area contributed by atoms with Gasteiger partial charge in [0.2, 0.25) is 0 Å². The van der Waals surface area contributed by atoms with Crippen LogP contribution < -0.4 is 0 Å². The number of benzene rings is 7. The number of hydrogen-bond donors (Lipinski definition) is 0. The Bertz CT molecular complexity index is 3160. The number of fused-ring (bicyclic) bond motifs is 9. The average Bonchev–Trinajstić information content (AvgIpc) is 3.88. The van der Waals surface area contributed by atoms with E-state index in [4.69, 9.17) is 23.8 Å². The molecule has 51 heavy (non-hydrogen) atoms. The summed E-state index contributed by atoms with van der Waals surface area (Å²) in [5, 5.41) is 6.61. The van der Waals surface area contributed by atoms with Crippen LogP contribution in [0.2, 0.25) is 0 Å². The summed E-state index contributed by atoms with van der Waals surface area (Å²) in [6, 6.07) is 52.1. The van der Waals surface area contributed by atoms with Crippen LogP contribution >= 0.6 is 11.3 Å². The van der Waals surface area contributed by atoms with E-state index in [-0.39, 0.29) is 0 Å². The van der Waals surface area contributed by atoms with E-state index >= 15 is 0 Å². The van der Waals surface area contributed by atoms with E-state index in [1.54, 1.807) is 11.3 Å². The van der Waals surface area contributed by atoms with Gasteiger partial charge in [0.05, 0.1) is 0 Å². The maximum absolute atomic E-state index is 6.53. The quantitative estimate of drug-likeness (QED) is 0.186. The summed E-state index contributed by atoms with van der Waals surface area (Å²) < 4.78 is 15.3. The van der Waals surface area contributed by atoms with E-state index in [0.717, 1.165) is 71.7 Å². The number of aromatic nitrogens is 3. The standard InChI is InChI=1S/C45H25N3O2S/c1-2-10-26(11-3-1)43-46-44(28-21-23-40-34(24-28)32-13-5-7-19-39(32)51-40)48-45(47-43)33-15-9-18-37-42(33)41-29(14-8-17-36(41)50-37)27-20-22-31-30-12-4-6-16-35(30)49-38(31)25-27/h1-25H. The Labute approximate surface area is 295 Å². The van der Waals surface area contributed by atoms with Crippen molar-refractivity contribution in [2.75, 3.05) is 0 Å². The second-order valence-corrected chi connectivity index (χ2v) is 13.8. The fourth-order valence-electron chi connectivity index (χ4n) is 7.39. The molecule has 4 aromatic heterocycles. The number of rotatable bonds is 4. The third kappa shape index (κ3) is 4.43. The van der Waals surface area contributed by atoms with Crippen molar-refractivity contribution in [1.29, 1.82) is 0 Å². The second kappa shape index (κ2) is 10.9. The van der Waals surface area contributed by atoms with Crippen molar-refractivity contribution in [2.24, 2.45) is 0 Å². The van der Waals surface area contributed by atoms with Crippen molar-refractivity contribution in [1.82, 2.24) is 15.0 Å². The first-order valence-electron chi connectivity index (χ1n) is 16.8. The first-order valence-corrected chi connectivity index (χ1v) is 17.7. The SMILES string of the molecule is c1ccc(-c2nc(-c3ccc4sc5ccccc5c4c3)nc(-c3cccc4oc5cccc(-c6ccc7c(c6)oc6ccccc67)c5c34)n2)cc1. The zero-order chi connectivity index (χ0) is 33.5. The summed E-state index contributed by atoms with van der Waals surface area (Å²) in [4.78, 5) is 15.4. The van der Waals surface area contributed by atoms with Crippen LogP contribution in [0.15, 0.2) is 160 Å². The van der Waals surface area contributed by atoms with Crippen molar-refractivity contribution in [3.63, 3.8) is 0 Å². The van der Waals surface area contributed by atoms with Crippen molar-refractivity contribution in [3.05, 3.63) is 152 Å². The normalized spacial score (nSPS) is 11.9. The van der Waals surface area contributed by atoms with E-state index in [2.05, 4.69) is 78.9 Å². The molecule has 5 nitrogen and oxygen atoms in total. The number of furan rings is 2. The van der Waals surface area contributed by atoms with Crippen LogP contribution in [0.5, 0.6) is 0 Å². The molecule has 0 atom stereocenters. The average molecular weight is 672 g/mol. The van der Waals surface area contributed by atoms with Crippen LogP contribution in [-0.4, -0.2) is 15.0 Å². The Hall–Kier alpha value is -6.63. The molecular weight excluding hydrogens is 647 g/mol. The highest BCUT2D eigenvalue weighted by Crippen LogP contribution is 2.43. The van der Waals surface area contributed by atoms with Gasteiger partial charge in [0.15, 0.2) is 17.5 Å². The van der Waals surface area contributed by atoms with Gasteiger partial charge in [-0.15, -0.1) is 11.3 Å². The molecule has 0 amide bonds. The van der Waals surface area contributed by atoms with Crippen LogP contribution in [0.25, 0.3) is 109 Å². The van der Waals surface area contributed by atoms with Gasteiger partial charge in [-0.3, -0.25) is 0 Å². The van der Waals surface area contributed by atoms with Crippen LogP contribution in [-0.2, 0) is 0 Å². The first-order chi connectivity index (χ1) is 25.2. The van der Waals surface area contributed by atoms with Gasteiger partial charge >= 0.3 is 0 Å². The predicted octanol–water partition coefficient (Wildman–Crippen LogP) is 12.7. The maximum atomic E-state index is 6.53. The van der Waals surface area contributed by atoms with Crippen molar-refractivity contribution < 1.29 is 8.83 Å². The number of para-hydroxylation sites is 1. The zero-order valence-corrected chi connectivity index (χ0v) is 27.8. The van der Waals surface area contributed by atoms with Gasteiger partial charge in [0, 0.05) is 58.4 Å². The molecule has 238 valence electrons. The molecular formula is C45H25N3O2S. The third-order valence-corrected chi connectivity index (χ3v) is 10.9. The Morgan fingerprint density at radius 2 is 0.961 bits per heavy atom. The molecule has 0 unspecified atom stereocenters.